The van der Waals surface area contributed by atoms with E-state index in [4.69, 9.17) is 24.7 Å². The Morgan fingerprint density at radius 1 is 1.00 bits per heavy atom. The predicted molar refractivity (Wildman–Crippen MR) is 124 cm³/mol. The van der Waals surface area contributed by atoms with Gasteiger partial charge in [0.05, 0.1) is 54.5 Å². The van der Waals surface area contributed by atoms with Gasteiger partial charge in [-0.3, -0.25) is 4.79 Å². The molecule has 3 atom stereocenters. The van der Waals surface area contributed by atoms with Crippen LogP contribution in [-0.4, -0.2) is 59.0 Å². The summed E-state index contributed by atoms with van der Waals surface area (Å²) < 4.78 is 22.8. The van der Waals surface area contributed by atoms with E-state index in [0.29, 0.717) is 28.3 Å². The molecule has 7 heteroatoms. The first-order valence-corrected chi connectivity index (χ1v) is 10.9. The quantitative estimate of drug-likeness (QED) is 0.603. The second-order valence-corrected chi connectivity index (χ2v) is 8.75. The van der Waals surface area contributed by atoms with Gasteiger partial charge in [-0.05, 0) is 42.3 Å². The van der Waals surface area contributed by atoms with E-state index >= 15 is 0 Å². The van der Waals surface area contributed by atoms with Crippen molar-refractivity contribution in [1.82, 2.24) is 0 Å². The number of methoxy groups -OCH3 is 4. The van der Waals surface area contributed by atoms with Crippen LogP contribution in [0.25, 0.3) is 0 Å². The highest BCUT2D eigenvalue weighted by Crippen LogP contribution is 2.43. The van der Waals surface area contributed by atoms with E-state index in [0.717, 1.165) is 30.7 Å². The maximum absolute atomic E-state index is 11.9. The van der Waals surface area contributed by atoms with Crippen molar-refractivity contribution in [3.05, 3.63) is 47.0 Å². The van der Waals surface area contributed by atoms with Gasteiger partial charge >= 0.3 is 0 Å². The molecule has 32 heavy (non-hydrogen) atoms. The molecule has 0 spiro atoms. The van der Waals surface area contributed by atoms with Crippen LogP contribution in [-0.2, 0) is 17.6 Å². The summed E-state index contributed by atoms with van der Waals surface area (Å²) in [4.78, 5) is 11.9. The molecule has 2 aromatic rings. The number of amides is 1. The van der Waals surface area contributed by atoms with Crippen LogP contribution in [0, 0.1) is 5.92 Å². The molecule has 0 saturated carbocycles. The number of hydrogen-bond donors (Lipinski definition) is 1. The van der Waals surface area contributed by atoms with E-state index in [1.807, 2.05) is 19.1 Å². The maximum atomic E-state index is 11.9. The van der Waals surface area contributed by atoms with Gasteiger partial charge in [-0.15, -0.1) is 0 Å². The third kappa shape index (κ3) is 4.63. The van der Waals surface area contributed by atoms with Crippen molar-refractivity contribution in [2.75, 3.05) is 48.6 Å². The summed E-state index contributed by atoms with van der Waals surface area (Å²) in [6.45, 7) is 3.47. The molecule has 0 fully saturated rings. The molecule has 1 aliphatic heterocycles. The average molecular weight is 444 g/mol. The lowest BCUT2D eigenvalue weighted by Crippen LogP contribution is -2.55. The van der Waals surface area contributed by atoms with Crippen molar-refractivity contribution >= 4 is 5.91 Å². The van der Waals surface area contributed by atoms with Crippen molar-refractivity contribution < 1.29 is 28.2 Å². The molecule has 0 aliphatic carbocycles. The van der Waals surface area contributed by atoms with Gasteiger partial charge in [0.1, 0.15) is 6.04 Å². The Balaban J connectivity index is 2.08. The zero-order valence-electron chi connectivity index (χ0n) is 19.9. The second-order valence-electron chi connectivity index (χ2n) is 8.75. The summed E-state index contributed by atoms with van der Waals surface area (Å²) in [6.07, 6.45) is 1.66. The molecule has 1 heterocycles. The lowest BCUT2D eigenvalue weighted by molar-refractivity contribution is -0.943. The fourth-order valence-electron chi connectivity index (χ4n) is 4.83. The minimum Gasteiger partial charge on any atom is -0.493 e. The smallest absolute Gasteiger partial charge is 0.225 e. The minimum atomic E-state index is -0.271. The van der Waals surface area contributed by atoms with Gasteiger partial charge in [-0.2, -0.15) is 0 Å². The van der Waals surface area contributed by atoms with Gasteiger partial charge < -0.3 is 29.2 Å². The van der Waals surface area contributed by atoms with Crippen LogP contribution in [0.5, 0.6) is 23.0 Å². The third-order valence-electron chi connectivity index (χ3n) is 6.70. The molecule has 0 bridgehead atoms. The summed E-state index contributed by atoms with van der Waals surface area (Å²) in [5.74, 6) is 2.35. The molecule has 2 aromatic carbocycles. The van der Waals surface area contributed by atoms with Gasteiger partial charge in [0.2, 0.25) is 5.91 Å². The minimum absolute atomic E-state index is 0.110. The number of carbonyl (C=O) groups excluding carboxylic acids is 1. The van der Waals surface area contributed by atoms with Crippen LogP contribution >= 0.6 is 0 Å². The molecule has 0 saturated heterocycles. The molecular weight excluding hydrogens is 408 g/mol. The van der Waals surface area contributed by atoms with Crippen molar-refractivity contribution in [2.45, 2.75) is 25.8 Å². The van der Waals surface area contributed by atoms with Crippen LogP contribution < -0.4 is 24.7 Å². The number of ether oxygens (including phenoxy) is 4. The number of primary amides is 1. The van der Waals surface area contributed by atoms with E-state index in [-0.39, 0.29) is 17.9 Å². The average Bonchev–Trinajstić information content (AvgIpc) is 2.79. The molecule has 174 valence electrons. The lowest BCUT2D eigenvalue weighted by Gasteiger charge is -2.47. The Hall–Kier alpha value is -2.93. The normalized spacial score (nSPS) is 20.8. The first-order chi connectivity index (χ1) is 15.3. The zero-order valence-corrected chi connectivity index (χ0v) is 19.9. The number of rotatable bonds is 9. The summed E-state index contributed by atoms with van der Waals surface area (Å²) >= 11 is 0. The topological polar surface area (TPSA) is 80.0 Å². The number of likely N-dealkylation sites (N-methyl/N-ethyl adjacent to an activating group) is 1. The number of benzene rings is 2. The predicted octanol–water partition coefficient (Wildman–Crippen LogP) is 3.13. The molecule has 0 radical (unpaired) electrons. The molecular formula is C25H35N2O5+. The largest absolute Gasteiger partial charge is 0.493 e. The van der Waals surface area contributed by atoms with Crippen LogP contribution in [0.1, 0.15) is 29.7 Å². The van der Waals surface area contributed by atoms with Crippen LogP contribution in [0.3, 0.4) is 0 Å². The summed E-state index contributed by atoms with van der Waals surface area (Å²) in [7, 11) is 8.80. The molecule has 0 aromatic heterocycles. The Bertz CT molecular complexity index is 977. The second kappa shape index (κ2) is 9.69. The highest BCUT2D eigenvalue weighted by Gasteiger charge is 2.41. The number of fused-ring (bicyclic) bond motifs is 1. The maximum Gasteiger partial charge on any atom is 0.225 e. The Morgan fingerprint density at radius 2 is 1.59 bits per heavy atom. The van der Waals surface area contributed by atoms with Crippen LogP contribution in [0.15, 0.2) is 30.3 Å². The Kier molecular flexibility index (Phi) is 7.19. The van der Waals surface area contributed by atoms with Crippen molar-refractivity contribution in [2.24, 2.45) is 11.7 Å². The first kappa shape index (κ1) is 23.7. The fraction of sp³-hybridized carbons (Fsp3) is 0.480. The van der Waals surface area contributed by atoms with E-state index in [9.17, 15) is 4.79 Å². The van der Waals surface area contributed by atoms with Gasteiger partial charge in [-0.25, -0.2) is 0 Å². The molecule has 1 aliphatic rings. The summed E-state index contributed by atoms with van der Waals surface area (Å²) in [6, 6.07) is 10.3. The molecule has 3 rings (SSSR count). The van der Waals surface area contributed by atoms with Gasteiger partial charge in [-0.1, -0.05) is 6.07 Å². The zero-order chi connectivity index (χ0) is 23.5. The SMILES string of the molecule is COc1ccc(C[C@@H]2c3cc(OC)c(OC)cc3CC[N@+]2(C)CC(C)C(N)=O)cc1OC. The lowest BCUT2D eigenvalue weighted by atomic mass is 9.85. The summed E-state index contributed by atoms with van der Waals surface area (Å²) in [5.41, 5.74) is 9.23. The number of hydrogen-bond acceptors (Lipinski definition) is 5. The number of nitrogens with zero attached hydrogens (tertiary/aromatic N) is 1. The van der Waals surface area contributed by atoms with Gasteiger partial charge in [0.25, 0.3) is 0 Å². The summed E-state index contributed by atoms with van der Waals surface area (Å²) in [5, 5.41) is 0. The number of carbonyl (C=O) groups is 1. The third-order valence-corrected chi connectivity index (χ3v) is 6.70. The van der Waals surface area contributed by atoms with E-state index in [1.54, 1.807) is 28.4 Å². The highest BCUT2D eigenvalue weighted by atomic mass is 16.5. The molecule has 1 amide bonds. The Labute approximate surface area is 190 Å². The van der Waals surface area contributed by atoms with E-state index in [2.05, 4.69) is 25.2 Å². The van der Waals surface area contributed by atoms with Gasteiger partial charge in [0, 0.05) is 18.4 Å². The fourth-order valence-corrected chi connectivity index (χ4v) is 4.83. The Morgan fingerprint density at radius 3 is 2.19 bits per heavy atom. The number of quaternary nitrogens is 1. The highest BCUT2D eigenvalue weighted by molar-refractivity contribution is 5.76. The molecule has 1 unspecified atom stereocenters. The first-order valence-electron chi connectivity index (χ1n) is 10.9. The van der Waals surface area contributed by atoms with Crippen LogP contribution in [0.2, 0.25) is 0 Å². The monoisotopic (exact) mass is 443 g/mol. The van der Waals surface area contributed by atoms with Gasteiger partial charge in [0.15, 0.2) is 23.0 Å². The van der Waals surface area contributed by atoms with Crippen LogP contribution in [0.4, 0.5) is 0 Å². The van der Waals surface area contributed by atoms with Crippen molar-refractivity contribution in [3.63, 3.8) is 0 Å². The molecule has 2 N–H and O–H groups in total. The number of nitrogens with two attached hydrogens (primary N) is 1. The van der Waals surface area contributed by atoms with E-state index < -0.39 is 0 Å². The van der Waals surface area contributed by atoms with E-state index in [1.165, 1.54) is 11.1 Å². The van der Waals surface area contributed by atoms with Crippen molar-refractivity contribution in [1.29, 1.82) is 0 Å². The standard InChI is InChI=1S/C25H34N2O5/c1-16(25(26)28)15-27(2)10-9-18-13-23(31-5)24(32-6)14-19(18)20(27)11-17-7-8-21(29-3)22(12-17)30-4/h7-8,12-14,16,20H,9-11,15H2,1-6H3,(H-,26,28)/p+1/t16?,20-,27-/m1/s1. The van der Waals surface area contributed by atoms with Crippen molar-refractivity contribution in [3.8, 4) is 23.0 Å². The molecule has 7 nitrogen and oxygen atoms in total.